The van der Waals surface area contributed by atoms with Crippen molar-refractivity contribution in [2.24, 2.45) is 0 Å². The summed E-state index contributed by atoms with van der Waals surface area (Å²) in [6.45, 7) is 1.88. The van der Waals surface area contributed by atoms with Crippen molar-refractivity contribution in [3.63, 3.8) is 0 Å². The van der Waals surface area contributed by atoms with Gasteiger partial charge in [0.15, 0.2) is 0 Å². The van der Waals surface area contributed by atoms with Crippen LogP contribution in [-0.4, -0.2) is 22.5 Å². The van der Waals surface area contributed by atoms with Crippen LogP contribution >= 0.6 is 0 Å². The molecule has 0 radical (unpaired) electrons. The summed E-state index contributed by atoms with van der Waals surface area (Å²) in [5, 5.41) is 20.3. The molecule has 1 heterocycles. The van der Waals surface area contributed by atoms with Crippen LogP contribution in [0.4, 0.5) is 5.69 Å². The van der Waals surface area contributed by atoms with Crippen molar-refractivity contribution >= 4 is 11.7 Å². The monoisotopic (exact) mass is 361 g/mol. The fourth-order valence-corrected chi connectivity index (χ4v) is 2.76. The van der Waals surface area contributed by atoms with Crippen LogP contribution in [-0.2, 0) is 4.74 Å². The summed E-state index contributed by atoms with van der Waals surface area (Å²) in [5.41, 5.74) is 2.56. The molecule has 0 aliphatic heterocycles. The van der Waals surface area contributed by atoms with Crippen LogP contribution < -0.4 is 0 Å². The number of nitrogens with one attached hydrogen (secondary N) is 1. The van der Waals surface area contributed by atoms with E-state index in [1.54, 1.807) is 55.5 Å². The molecule has 7 heteroatoms. The standard InChI is InChI=1S/C20H15N3O4/c1-2-27-20(24)16-11-17(14-9-7-13(12-21)8-10-14)22-19(16)15-5-3-4-6-18(15)23(25)26/h3-11,22H,2H2,1H3. The van der Waals surface area contributed by atoms with Crippen LogP contribution in [0.15, 0.2) is 54.6 Å². The number of ether oxygens (including phenoxy) is 1. The number of hydrogen-bond donors (Lipinski definition) is 1. The van der Waals surface area contributed by atoms with Gasteiger partial charge in [-0.2, -0.15) is 5.26 Å². The minimum atomic E-state index is -0.568. The SMILES string of the molecule is CCOC(=O)c1cc(-c2ccc(C#N)cc2)[nH]c1-c1ccccc1[N+](=O)[O-]. The van der Waals surface area contributed by atoms with Crippen LogP contribution in [0.1, 0.15) is 22.8 Å². The lowest BCUT2D eigenvalue weighted by Crippen LogP contribution is -2.05. The van der Waals surface area contributed by atoms with E-state index < -0.39 is 10.9 Å². The summed E-state index contributed by atoms with van der Waals surface area (Å²) in [5.74, 6) is -0.568. The lowest BCUT2D eigenvalue weighted by Gasteiger charge is -2.05. The molecule has 0 saturated carbocycles. The Bertz CT molecular complexity index is 1050. The number of para-hydroxylation sites is 1. The Morgan fingerprint density at radius 2 is 1.93 bits per heavy atom. The van der Waals surface area contributed by atoms with Gasteiger partial charge in [-0.05, 0) is 36.8 Å². The summed E-state index contributed by atoms with van der Waals surface area (Å²) in [6, 6.07) is 16.6. The molecule has 3 aromatic rings. The van der Waals surface area contributed by atoms with Gasteiger partial charge in [-0.25, -0.2) is 4.79 Å². The molecular formula is C20H15N3O4. The van der Waals surface area contributed by atoms with Crippen LogP contribution in [0.25, 0.3) is 22.5 Å². The minimum absolute atomic E-state index is 0.115. The zero-order valence-corrected chi connectivity index (χ0v) is 14.4. The van der Waals surface area contributed by atoms with Gasteiger partial charge in [-0.1, -0.05) is 24.3 Å². The van der Waals surface area contributed by atoms with E-state index in [4.69, 9.17) is 10.00 Å². The number of rotatable bonds is 5. The highest BCUT2D eigenvalue weighted by molar-refractivity contribution is 5.99. The molecule has 0 amide bonds. The number of nitro groups is 1. The Labute approximate surface area is 155 Å². The molecular weight excluding hydrogens is 346 g/mol. The third kappa shape index (κ3) is 3.55. The van der Waals surface area contributed by atoms with Gasteiger partial charge in [-0.15, -0.1) is 0 Å². The van der Waals surface area contributed by atoms with Crippen LogP contribution in [0.2, 0.25) is 0 Å². The molecule has 0 aliphatic carbocycles. The Balaban J connectivity index is 2.18. The first kappa shape index (κ1) is 17.9. The summed E-state index contributed by atoms with van der Waals surface area (Å²) in [7, 11) is 0. The number of carbonyl (C=O) groups excluding carboxylic acids is 1. The number of aromatic nitrogens is 1. The number of aromatic amines is 1. The number of benzene rings is 2. The van der Waals surface area contributed by atoms with E-state index in [2.05, 4.69) is 4.98 Å². The van der Waals surface area contributed by atoms with Gasteiger partial charge in [-0.3, -0.25) is 10.1 Å². The molecule has 0 unspecified atom stereocenters. The highest BCUT2D eigenvalue weighted by Crippen LogP contribution is 2.34. The van der Waals surface area contributed by atoms with E-state index in [-0.39, 0.29) is 17.9 Å². The predicted octanol–water partition coefficient (Wildman–Crippen LogP) is 4.31. The second-order valence-corrected chi connectivity index (χ2v) is 5.66. The van der Waals surface area contributed by atoms with Gasteiger partial charge < -0.3 is 9.72 Å². The Kier molecular flexibility index (Phi) is 4.99. The lowest BCUT2D eigenvalue weighted by molar-refractivity contribution is -0.384. The number of nitriles is 1. The van der Waals surface area contributed by atoms with Crippen molar-refractivity contribution in [2.45, 2.75) is 6.92 Å². The van der Waals surface area contributed by atoms with E-state index in [0.29, 0.717) is 22.5 Å². The summed E-state index contributed by atoms with van der Waals surface area (Å²) < 4.78 is 5.10. The summed E-state index contributed by atoms with van der Waals surface area (Å²) in [6.07, 6.45) is 0. The van der Waals surface area contributed by atoms with E-state index >= 15 is 0 Å². The number of hydrogen-bond acceptors (Lipinski definition) is 5. The van der Waals surface area contributed by atoms with Crippen molar-refractivity contribution in [3.05, 3.63) is 75.8 Å². The third-order valence-corrected chi connectivity index (χ3v) is 4.01. The maximum Gasteiger partial charge on any atom is 0.340 e. The fourth-order valence-electron chi connectivity index (χ4n) is 2.76. The van der Waals surface area contributed by atoms with Gasteiger partial charge in [0, 0.05) is 11.8 Å². The Hall–Kier alpha value is -3.92. The molecule has 3 rings (SSSR count). The summed E-state index contributed by atoms with van der Waals surface area (Å²) in [4.78, 5) is 26.4. The van der Waals surface area contributed by atoms with E-state index in [1.807, 2.05) is 6.07 Å². The zero-order chi connectivity index (χ0) is 19.4. The van der Waals surface area contributed by atoms with E-state index in [1.165, 1.54) is 6.07 Å². The summed E-state index contributed by atoms with van der Waals surface area (Å²) >= 11 is 0. The molecule has 2 aromatic carbocycles. The molecule has 1 N–H and O–H groups in total. The van der Waals surface area contributed by atoms with Crippen LogP contribution in [0.3, 0.4) is 0 Å². The number of nitrogens with zero attached hydrogens (tertiary/aromatic N) is 2. The molecule has 0 bridgehead atoms. The van der Waals surface area contributed by atoms with E-state index in [9.17, 15) is 14.9 Å². The fraction of sp³-hybridized carbons (Fsp3) is 0.100. The van der Waals surface area contributed by atoms with Gasteiger partial charge >= 0.3 is 5.97 Å². The molecule has 0 fully saturated rings. The maximum absolute atomic E-state index is 12.4. The molecule has 134 valence electrons. The average molecular weight is 361 g/mol. The van der Waals surface area contributed by atoms with Crippen molar-refractivity contribution in [1.29, 1.82) is 5.26 Å². The topological polar surface area (TPSA) is 109 Å². The first-order chi connectivity index (χ1) is 13.0. The second kappa shape index (κ2) is 7.54. The van der Waals surface area contributed by atoms with E-state index in [0.717, 1.165) is 5.56 Å². The van der Waals surface area contributed by atoms with Crippen LogP contribution in [0, 0.1) is 21.4 Å². The third-order valence-electron chi connectivity index (χ3n) is 4.01. The largest absolute Gasteiger partial charge is 0.462 e. The molecule has 7 nitrogen and oxygen atoms in total. The number of carbonyl (C=O) groups is 1. The zero-order valence-electron chi connectivity index (χ0n) is 14.4. The number of esters is 1. The second-order valence-electron chi connectivity index (χ2n) is 5.66. The van der Waals surface area contributed by atoms with Gasteiger partial charge in [0.2, 0.25) is 0 Å². The molecule has 0 saturated heterocycles. The minimum Gasteiger partial charge on any atom is -0.462 e. The van der Waals surface area contributed by atoms with Crippen molar-refractivity contribution < 1.29 is 14.5 Å². The highest BCUT2D eigenvalue weighted by Gasteiger charge is 2.24. The predicted molar refractivity (Wildman–Crippen MR) is 99.0 cm³/mol. The van der Waals surface area contributed by atoms with Crippen molar-refractivity contribution in [2.75, 3.05) is 6.61 Å². The molecule has 0 aliphatic rings. The maximum atomic E-state index is 12.4. The van der Waals surface area contributed by atoms with Crippen molar-refractivity contribution in [1.82, 2.24) is 4.98 Å². The molecule has 0 spiro atoms. The highest BCUT2D eigenvalue weighted by atomic mass is 16.6. The van der Waals surface area contributed by atoms with Gasteiger partial charge in [0.25, 0.3) is 5.69 Å². The van der Waals surface area contributed by atoms with Gasteiger partial charge in [0.05, 0.1) is 40.0 Å². The quantitative estimate of drug-likeness (QED) is 0.414. The Morgan fingerprint density at radius 1 is 1.22 bits per heavy atom. The van der Waals surface area contributed by atoms with Gasteiger partial charge in [0.1, 0.15) is 0 Å². The molecule has 0 atom stereocenters. The normalized spacial score (nSPS) is 10.2. The van der Waals surface area contributed by atoms with Crippen molar-refractivity contribution in [3.8, 4) is 28.6 Å². The van der Waals surface area contributed by atoms with Crippen LogP contribution in [0.5, 0.6) is 0 Å². The number of nitro benzene ring substituents is 1. The molecule has 1 aromatic heterocycles. The molecule has 27 heavy (non-hydrogen) atoms. The Morgan fingerprint density at radius 3 is 2.56 bits per heavy atom. The first-order valence-electron chi connectivity index (χ1n) is 8.19. The number of H-pyrrole nitrogens is 1. The lowest BCUT2D eigenvalue weighted by atomic mass is 10.1. The first-order valence-corrected chi connectivity index (χ1v) is 8.19. The average Bonchev–Trinajstić information content (AvgIpc) is 3.13. The smallest absolute Gasteiger partial charge is 0.340 e.